The molecule has 2 rings (SSSR count). The molecule has 0 bridgehead atoms. The fraction of sp³-hybridized carbons (Fsp3) is 0.571. The SMILES string of the molecule is Cc1cc(Cl)c(CN(C)CC2COCCN2)cc1F. The maximum Gasteiger partial charge on any atom is 0.126 e. The number of benzene rings is 1. The summed E-state index contributed by atoms with van der Waals surface area (Å²) in [5.41, 5.74) is 1.41. The molecule has 0 amide bonds. The van der Waals surface area contributed by atoms with Crippen molar-refractivity contribution in [3.05, 3.63) is 34.1 Å². The lowest BCUT2D eigenvalue weighted by Crippen LogP contribution is -2.47. The first-order valence-corrected chi connectivity index (χ1v) is 6.88. The van der Waals surface area contributed by atoms with Crippen LogP contribution in [0.5, 0.6) is 0 Å². The van der Waals surface area contributed by atoms with Gasteiger partial charge < -0.3 is 15.0 Å². The van der Waals surface area contributed by atoms with Gasteiger partial charge in [-0.05, 0) is 37.2 Å². The van der Waals surface area contributed by atoms with Gasteiger partial charge in [0, 0.05) is 30.7 Å². The molecule has 0 aliphatic carbocycles. The maximum atomic E-state index is 13.6. The van der Waals surface area contributed by atoms with E-state index in [2.05, 4.69) is 10.2 Å². The molecular formula is C14H20ClFN2O. The lowest BCUT2D eigenvalue weighted by Gasteiger charge is -2.28. The third-order valence-corrected chi connectivity index (χ3v) is 3.65. The Morgan fingerprint density at radius 2 is 2.32 bits per heavy atom. The number of ether oxygens (including phenoxy) is 1. The van der Waals surface area contributed by atoms with Gasteiger partial charge in [-0.2, -0.15) is 0 Å². The van der Waals surface area contributed by atoms with Gasteiger partial charge in [0.1, 0.15) is 5.82 Å². The highest BCUT2D eigenvalue weighted by atomic mass is 35.5. The fourth-order valence-electron chi connectivity index (χ4n) is 2.28. The Bertz CT molecular complexity index is 436. The van der Waals surface area contributed by atoms with Crippen molar-refractivity contribution >= 4 is 11.6 Å². The largest absolute Gasteiger partial charge is 0.378 e. The van der Waals surface area contributed by atoms with Crippen LogP contribution in [0.2, 0.25) is 5.02 Å². The van der Waals surface area contributed by atoms with Crippen LogP contribution in [-0.2, 0) is 11.3 Å². The molecule has 1 aromatic carbocycles. The minimum Gasteiger partial charge on any atom is -0.378 e. The number of rotatable bonds is 4. The summed E-state index contributed by atoms with van der Waals surface area (Å²) in [6.45, 7) is 5.59. The summed E-state index contributed by atoms with van der Waals surface area (Å²) in [4.78, 5) is 2.13. The lowest BCUT2D eigenvalue weighted by atomic mass is 10.1. The highest BCUT2D eigenvalue weighted by Crippen LogP contribution is 2.21. The summed E-state index contributed by atoms with van der Waals surface area (Å²) in [5, 5.41) is 4.02. The first kappa shape index (κ1) is 14.7. The summed E-state index contributed by atoms with van der Waals surface area (Å²) >= 11 is 6.15. The van der Waals surface area contributed by atoms with Crippen LogP contribution in [-0.4, -0.2) is 44.3 Å². The smallest absolute Gasteiger partial charge is 0.126 e. The summed E-state index contributed by atoms with van der Waals surface area (Å²) < 4.78 is 19.0. The molecule has 1 N–H and O–H groups in total. The minimum absolute atomic E-state index is 0.202. The van der Waals surface area contributed by atoms with E-state index in [0.717, 1.165) is 31.9 Å². The molecule has 1 aromatic rings. The Hall–Kier alpha value is -0.680. The van der Waals surface area contributed by atoms with Crippen molar-refractivity contribution in [3.63, 3.8) is 0 Å². The van der Waals surface area contributed by atoms with Gasteiger partial charge in [-0.3, -0.25) is 0 Å². The molecule has 1 heterocycles. The third kappa shape index (κ3) is 4.14. The van der Waals surface area contributed by atoms with E-state index in [-0.39, 0.29) is 5.82 Å². The van der Waals surface area contributed by atoms with Crippen LogP contribution in [0.1, 0.15) is 11.1 Å². The van der Waals surface area contributed by atoms with Crippen LogP contribution in [0, 0.1) is 12.7 Å². The van der Waals surface area contributed by atoms with Crippen molar-refractivity contribution in [1.29, 1.82) is 0 Å². The molecule has 1 unspecified atom stereocenters. The summed E-state index contributed by atoms with van der Waals surface area (Å²) in [6, 6.07) is 3.54. The van der Waals surface area contributed by atoms with E-state index in [0.29, 0.717) is 23.2 Å². The minimum atomic E-state index is -0.202. The maximum absolute atomic E-state index is 13.6. The predicted molar refractivity (Wildman–Crippen MR) is 75.1 cm³/mol. The lowest BCUT2D eigenvalue weighted by molar-refractivity contribution is 0.0645. The standard InChI is InChI=1S/C14H20ClFN2O/c1-10-5-13(15)11(6-14(10)16)7-18(2)8-12-9-19-4-3-17-12/h5-6,12,17H,3-4,7-9H2,1-2H3. The first-order chi connectivity index (χ1) is 9.06. The van der Waals surface area contributed by atoms with E-state index in [1.807, 2.05) is 7.05 Å². The molecule has 0 spiro atoms. The number of likely N-dealkylation sites (N-methyl/N-ethyl adjacent to an activating group) is 1. The average molecular weight is 287 g/mol. The Morgan fingerprint density at radius 3 is 3.00 bits per heavy atom. The summed E-state index contributed by atoms with van der Waals surface area (Å²) in [6.07, 6.45) is 0. The Kier molecular flexibility index (Phi) is 5.16. The zero-order valence-electron chi connectivity index (χ0n) is 11.4. The van der Waals surface area contributed by atoms with Crippen LogP contribution in [0.4, 0.5) is 4.39 Å². The molecule has 1 aliphatic heterocycles. The quantitative estimate of drug-likeness (QED) is 0.918. The molecule has 3 nitrogen and oxygen atoms in total. The molecule has 0 saturated carbocycles. The second kappa shape index (κ2) is 6.66. The second-order valence-corrected chi connectivity index (χ2v) is 5.52. The fourth-order valence-corrected chi connectivity index (χ4v) is 2.56. The third-order valence-electron chi connectivity index (χ3n) is 3.30. The normalized spacial score (nSPS) is 19.9. The molecule has 19 heavy (non-hydrogen) atoms. The van der Waals surface area contributed by atoms with Crippen molar-refractivity contribution in [1.82, 2.24) is 10.2 Å². The molecular weight excluding hydrogens is 267 g/mol. The molecule has 1 aliphatic rings. The van der Waals surface area contributed by atoms with E-state index < -0.39 is 0 Å². The zero-order valence-corrected chi connectivity index (χ0v) is 12.1. The van der Waals surface area contributed by atoms with Crippen LogP contribution < -0.4 is 5.32 Å². The van der Waals surface area contributed by atoms with Crippen molar-refractivity contribution < 1.29 is 9.13 Å². The van der Waals surface area contributed by atoms with Gasteiger partial charge in [0.25, 0.3) is 0 Å². The summed E-state index contributed by atoms with van der Waals surface area (Å²) in [7, 11) is 2.00. The number of nitrogens with one attached hydrogen (secondary N) is 1. The number of hydrogen-bond donors (Lipinski definition) is 1. The summed E-state index contributed by atoms with van der Waals surface area (Å²) in [5.74, 6) is -0.202. The average Bonchev–Trinajstić information content (AvgIpc) is 2.37. The number of nitrogens with zero attached hydrogens (tertiary/aromatic N) is 1. The van der Waals surface area contributed by atoms with Crippen molar-refractivity contribution in [3.8, 4) is 0 Å². The van der Waals surface area contributed by atoms with Gasteiger partial charge in [-0.25, -0.2) is 4.39 Å². The van der Waals surface area contributed by atoms with E-state index in [4.69, 9.17) is 16.3 Å². The van der Waals surface area contributed by atoms with Gasteiger partial charge in [-0.1, -0.05) is 11.6 Å². The van der Waals surface area contributed by atoms with E-state index in [1.54, 1.807) is 13.0 Å². The zero-order chi connectivity index (χ0) is 13.8. The molecule has 1 saturated heterocycles. The number of morpholine rings is 1. The van der Waals surface area contributed by atoms with Crippen LogP contribution >= 0.6 is 11.6 Å². The molecule has 1 fully saturated rings. The highest BCUT2D eigenvalue weighted by molar-refractivity contribution is 6.31. The van der Waals surface area contributed by atoms with Crippen molar-refractivity contribution in [2.75, 3.05) is 33.4 Å². The molecule has 0 aromatic heterocycles. The first-order valence-electron chi connectivity index (χ1n) is 6.50. The molecule has 5 heteroatoms. The van der Waals surface area contributed by atoms with Crippen LogP contribution in [0.3, 0.4) is 0 Å². The van der Waals surface area contributed by atoms with Gasteiger partial charge >= 0.3 is 0 Å². The molecule has 1 atom stereocenters. The second-order valence-electron chi connectivity index (χ2n) is 5.12. The predicted octanol–water partition coefficient (Wildman–Crippen LogP) is 2.21. The van der Waals surface area contributed by atoms with Gasteiger partial charge in [0.05, 0.1) is 13.2 Å². The number of halogens is 2. The van der Waals surface area contributed by atoms with Crippen LogP contribution in [0.15, 0.2) is 12.1 Å². The Balaban J connectivity index is 1.94. The molecule has 106 valence electrons. The monoisotopic (exact) mass is 286 g/mol. The number of hydrogen-bond acceptors (Lipinski definition) is 3. The Morgan fingerprint density at radius 1 is 1.53 bits per heavy atom. The highest BCUT2D eigenvalue weighted by Gasteiger charge is 2.16. The Labute approximate surface area is 118 Å². The number of aryl methyl sites for hydroxylation is 1. The van der Waals surface area contributed by atoms with Gasteiger partial charge in [0.2, 0.25) is 0 Å². The molecule has 0 radical (unpaired) electrons. The van der Waals surface area contributed by atoms with Gasteiger partial charge in [-0.15, -0.1) is 0 Å². The van der Waals surface area contributed by atoms with E-state index in [9.17, 15) is 4.39 Å². The van der Waals surface area contributed by atoms with Gasteiger partial charge in [0.15, 0.2) is 0 Å². The van der Waals surface area contributed by atoms with E-state index >= 15 is 0 Å². The van der Waals surface area contributed by atoms with Crippen molar-refractivity contribution in [2.24, 2.45) is 0 Å². The van der Waals surface area contributed by atoms with Crippen molar-refractivity contribution in [2.45, 2.75) is 19.5 Å². The topological polar surface area (TPSA) is 24.5 Å². The van der Waals surface area contributed by atoms with Crippen LogP contribution in [0.25, 0.3) is 0 Å². The van der Waals surface area contributed by atoms with E-state index in [1.165, 1.54) is 6.07 Å².